The molecule has 0 fully saturated rings. The molecule has 0 heterocycles. The molecule has 0 saturated heterocycles. The van der Waals surface area contributed by atoms with Crippen LogP contribution in [0.15, 0.2) is 18.2 Å². The van der Waals surface area contributed by atoms with Gasteiger partial charge in [0.25, 0.3) is 0 Å². The van der Waals surface area contributed by atoms with Gasteiger partial charge in [-0.3, -0.25) is 0 Å². The van der Waals surface area contributed by atoms with Crippen LogP contribution in [0.4, 0.5) is 4.39 Å². The molecule has 0 aliphatic heterocycles. The Morgan fingerprint density at radius 3 is 2.27 bits per heavy atom. The Kier molecular flexibility index (Phi) is 2.97. The SMILES string of the molecule is FCOc1c(Cl)cccc1Cl. The van der Waals surface area contributed by atoms with Gasteiger partial charge < -0.3 is 4.74 Å². The number of ether oxygens (including phenoxy) is 1. The predicted molar refractivity (Wildman–Crippen MR) is 43.1 cm³/mol. The second-order valence-corrected chi connectivity index (χ2v) is 2.62. The van der Waals surface area contributed by atoms with Crippen LogP contribution in [0.5, 0.6) is 5.75 Å². The zero-order valence-corrected chi connectivity index (χ0v) is 6.99. The highest BCUT2D eigenvalue weighted by atomic mass is 35.5. The van der Waals surface area contributed by atoms with E-state index in [0.29, 0.717) is 10.0 Å². The molecule has 0 saturated carbocycles. The molecule has 1 nitrogen and oxygen atoms in total. The largest absolute Gasteiger partial charge is 0.460 e. The van der Waals surface area contributed by atoms with Crippen LogP contribution in [-0.2, 0) is 0 Å². The van der Waals surface area contributed by atoms with Gasteiger partial charge in [0.1, 0.15) is 0 Å². The molecule has 11 heavy (non-hydrogen) atoms. The lowest BCUT2D eigenvalue weighted by molar-refractivity contribution is 0.192. The van der Waals surface area contributed by atoms with Gasteiger partial charge >= 0.3 is 0 Å². The van der Waals surface area contributed by atoms with Crippen molar-refractivity contribution in [3.8, 4) is 5.75 Å². The van der Waals surface area contributed by atoms with Gasteiger partial charge in [0.2, 0.25) is 6.86 Å². The molecule has 60 valence electrons. The van der Waals surface area contributed by atoms with Gasteiger partial charge in [-0.1, -0.05) is 29.3 Å². The Balaban J connectivity index is 3.00. The summed E-state index contributed by atoms with van der Waals surface area (Å²) >= 11 is 11.3. The molecule has 0 atom stereocenters. The molecule has 0 bridgehead atoms. The first-order chi connectivity index (χ1) is 5.25. The molecule has 4 heteroatoms. The molecule has 1 rings (SSSR count). The third-order valence-corrected chi connectivity index (χ3v) is 1.71. The maximum absolute atomic E-state index is 11.7. The lowest BCUT2D eigenvalue weighted by atomic mass is 10.3. The van der Waals surface area contributed by atoms with E-state index in [-0.39, 0.29) is 5.75 Å². The van der Waals surface area contributed by atoms with Crippen LogP contribution >= 0.6 is 23.2 Å². The van der Waals surface area contributed by atoms with Crippen molar-refractivity contribution >= 4 is 23.2 Å². The molecule has 0 unspecified atom stereocenters. The summed E-state index contributed by atoms with van der Waals surface area (Å²) in [5.74, 6) is 0.193. The number of halogens is 3. The van der Waals surface area contributed by atoms with E-state index in [9.17, 15) is 4.39 Å². The number of rotatable bonds is 2. The topological polar surface area (TPSA) is 9.23 Å². The zero-order chi connectivity index (χ0) is 8.27. The molecular weight excluding hydrogens is 190 g/mol. The van der Waals surface area contributed by atoms with Crippen molar-refractivity contribution in [3.63, 3.8) is 0 Å². The molecule has 0 aromatic heterocycles. The van der Waals surface area contributed by atoms with Gasteiger partial charge in [0.15, 0.2) is 5.75 Å². The average molecular weight is 195 g/mol. The molecule has 0 radical (unpaired) electrons. The van der Waals surface area contributed by atoms with Crippen molar-refractivity contribution in [2.24, 2.45) is 0 Å². The van der Waals surface area contributed by atoms with Crippen LogP contribution in [0.1, 0.15) is 0 Å². The monoisotopic (exact) mass is 194 g/mol. The summed E-state index contributed by atoms with van der Waals surface area (Å²) in [4.78, 5) is 0. The average Bonchev–Trinajstić information content (AvgIpc) is 1.97. The Morgan fingerprint density at radius 2 is 1.82 bits per heavy atom. The first-order valence-corrected chi connectivity index (χ1v) is 3.64. The van der Waals surface area contributed by atoms with Crippen LogP contribution in [-0.4, -0.2) is 6.86 Å². The first kappa shape index (κ1) is 8.62. The van der Waals surface area contributed by atoms with E-state index < -0.39 is 6.86 Å². The summed E-state index contributed by atoms with van der Waals surface area (Å²) in [5.41, 5.74) is 0. The number of alkyl halides is 1. The van der Waals surface area contributed by atoms with Crippen LogP contribution in [0.25, 0.3) is 0 Å². The third kappa shape index (κ3) is 1.98. The first-order valence-electron chi connectivity index (χ1n) is 2.88. The molecule has 1 aromatic rings. The molecule has 1 aromatic carbocycles. The van der Waals surface area contributed by atoms with Crippen molar-refractivity contribution in [1.29, 1.82) is 0 Å². The van der Waals surface area contributed by atoms with E-state index in [0.717, 1.165) is 0 Å². The van der Waals surface area contributed by atoms with Crippen molar-refractivity contribution < 1.29 is 9.13 Å². The highest BCUT2D eigenvalue weighted by Gasteiger charge is 2.04. The third-order valence-electron chi connectivity index (χ3n) is 1.12. The van der Waals surface area contributed by atoms with E-state index in [2.05, 4.69) is 4.74 Å². The van der Waals surface area contributed by atoms with Crippen molar-refractivity contribution in [3.05, 3.63) is 28.2 Å². The zero-order valence-electron chi connectivity index (χ0n) is 5.48. The predicted octanol–water partition coefficient (Wildman–Crippen LogP) is 3.30. The van der Waals surface area contributed by atoms with Gasteiger partial charge in [-0.05, 0) is 12.1 Å². The Hall–Kier alpha value is -0.470. The number of para-hydroxylation sites is 1. The summed E-state index contributed by atoms with van der Waals surface area (Å²) < 4.78 is 16.2. The molecule has 0 spiro atoms. The van der Waals surface area contributed by atoms with E-state index in [4.69, 9.17) is 23.2 Å². The van der Waals surface area contributed by atoms with Gasteiger partial charge in [-0.25, -0.2) is 4.39 Å². The van der Waals surface area contributed by atoms with Gasteiger partial charge in [0.05, 0.1) is 10.0 Å². The fraction of sp³-hybridized carbons (Fsp3) is 0.143. The van der Waals surface area contributed by atoms with Crippen molar-refractivity contribution in [2.45, 2.75) is 0 Å². The Bertz CT molecular complexity index is 232. The molecule has 0 N–H and O–H groups in total. The lowest BCUT2D eigenvalue weighted by Gasteiger charge is -2.04. The maximum Gasteiger partial charge on any atom is 0.228 e. The second-order valence-electron chi connectivity index (χ2n) is 1.80. The minimum atomic E-state index is -0.927. The van der Waals surface area contributed by atoms with E-state index in [1.54, 1.807) is 18.2 Å². The molecule has 0 aliphatic rings. The Labute approximate surface area is 73.7 Å². The minimum absolute atomic E-state index is 0.193. The van der Waals surface area contributed by atoms with Gasteiger partial charge in [-0.2, -0.15) is 0 Å². The lowest BCUT2D eigenvalue weighted by Crippen LogP contribution is -1.91. The van der Waals surface area contributed by atoms with Crippen LogP contribution < -0.4 is 4.74 Å². The summed E-state index contributed by atoms with van der Waals surface area (Å²) in [6, 6.07) is 4.83. The second kappa shape index (κ2) is 3.79. The standard InChI is InChI=1S/C7H5Cl2FO/c8-5-2-1-3-6(9)7(5)11-4-10/h1-3H,4H2. The molecule has 0 amide bonds. The highest BCUT2D eigenvalue weighted by molar-refractivity contribution is 6.37. The van der Waals surface area contributed by atoms with Gasteiger partial charge in [-0.15, -0.1) is 0 Å². The quantitative estimate of drug-likeness (QED) is 0.703. The van der Waals surface area contributed by atoms with Crippen LogP contribution in [0.2, 0.25) is 10.0 Å². The number of benzene rings is 1. The minimum Gasteiger partial charge on any atom is -0.460 e. The molecular formula is C7H5Cl2FO. The van der Waals surface area contributed by atoms with Crippen LogP contribution in [0.3, 0.4) is 0 Å². The molecule has 0 aliphatic carbocycles. The van der Waals surface area contributed by atoms with E-state index in [1.807, 2.05) is 0 Å². The Morgan fingerprint density at radius 1 is 1.27 bits per heavy atom. The van der Waals surface area contributed by atoms with Gasteiger partial charge in [0, 0.05) is 0 Å². The fourth-order valence-corrected chi connectivity index (χ4v) is 1.18. The van der Waals surface area contributed by atoms with Crippen molar-refractivity contribution in [2.75, 3.05) is 6.86 Å². The summed E-state index contributed by atoms with van der Waals surface area (Å²) in [7, 11) is 0. The summed E-state index contributed by atoms with van der Waals surface area (Å²) in [5, 5.41) is 0.630. The maximum atomic E-state index is 11.7. The highest BCUT2D eigenvalue weighted by Crippen LogP contribution is 2.32. The van der Waals surface area contributed by atoms with E-state index in [1.165, 1.54) is 0 Å². The van der Waals surface area contributed by atoms with Crippen molar-refractivity contribution in [1.82, 2.24) is 0 Å². The summed E-state index contributed by atoms with van der Waals surface area (Å²) in [6.07, 6.45) is 0. The smallest absolute Gasteiger partial charge is 0.228 e. The number of hydrogen-bond acceptors (Lipinski definition) is 1. The number of hydrogen-bond donors (Lipinski definition) is 0. The fourth-order valence-electron chi connectivity index (χ4n) is 0.675. The van der Waals surface area contributed by atoms with Crippen LogP contribution in [0, 0.1) is 0 Å². The van der Waals surface area contributed by atoms with E-state index >= 15 is 0 Å². The normalized spacial score (nSPS) is 9.73. The summed E-state index contributed by atoms with van der Waals surface area (Å²) in [6.45, 7) is -0.927.